The van der Waals surface area contributed by atoms with Gasteiger partial charge in [0.05, 0.1) is 22.7 Å². The Labute approximate surface area is 199 Å². The highest BCUT2D eigenvalue weighted by molar-refractivity contribution is 6.00. The van der Waals surface area contributed by atoms with E-state index >= 15 is 4.39 Å². The lowest BCUT2D eigenvalue weighted by atomic mass is 9.89. The van der Waals surface area contributed by atoms with E-state index in [2.05, 4.69) is 25.3 Å². The summed E-state index contributed by atoms with van der Waals surface area (Å²) >= 11 is 0. The number of aryl methyl sites for hydroxylation is 1. The minimum Gasteiger partial charge on any atom is -0.352 e. The molecular formula is C24H24F4N6O. The predicted molar refractivity (Wildman–Crippen MR) is 121 cm³/mol. The molecule has 1 aliphatic heterocycles. The van der Waals surface area contributed by atoms with Crippen LogP contribution in [0.5, 0.6) is 0 Å². The van der Waals surface area contributed by atoms with Crippen molar-refractivity contribution >= 4 is 11.9 Å². The Kier molecular flexibility index (Phi) is 6.95. The summed E-state index contributed by atoms with van der Waals surface area (Å²) in [7, 11) is 0. The number of likely N-dealkylation sites (tertiary alicyclic amines) is 1. The van der Waals surface area contributed by atoms with Gasteiger partial charge in [-0.25, -0.2) is 24.3 Å². The van der Waals surface area contributed by atoms with E-state index in [0.29, 0.717) is 24.5 Å². The largest absolute Gasteiger partial charge is 0.419 e. The number of nitrogens with one attached hydrogen (secondary N) is 1. The molecule has 35 heavy (non-hydrogen) atoms. The van der Waals surface area contributed by atoms with Gasteiger partial charge in [-0.1, -0.05) is 6.92 Å². The van der Waals surface area contributed by atoms with E-state index in [1.165, 1.54) is 18.5 Å². The number of hydrogen-bond acceptors (Lipinski definition) is 6. The molecule has 0 aliphatic carbocycles. The van der Waals surface area contributed by atoms with Crippen molar-refractivity contribution in [2.24, 2.45) is 5.92 Å². The van der Waals surface area contributed by atoms with Crippen molar-refractivity contribution in [3.05, 3.63) is 65.5 Å². The van der Waals surface area contributed by atoms with Crippen LogP contribution < -0.4 is 5.32 Å². The van der Waals surface area contributed by atoms with E-state index in [-0.39, 0.29) is 47.3 Å². The second-order valence-electron chi connectivity index (χ2n) is 8.60. The first-order valence-electron chi connectivity index (χ1n) is 11.2. The molecule has 0 radical (unpaired) electrons. The van der Waals surface area contributed by atoms with Crippen molar-refractivity contribution in [3.63, 3.8) is 0 Å². The number of piperidine rings is 1. The summed E-state index contributed by atoms with van der Waals surface area (Å²) in [5.74, 6) is -0.714. The summed E-state index contributed by atoms with van der Waals surface area (Å²) in [6.45, 7) is 4.38. The third kappa shape index (κ3) is 5.39. The molecule has 3 heterocycles. The van der Waals surface area contributed by atoms with Gasteiger partial charge >= 0.3 is 6.18 Å². The highest BCUT2D eigenvalue weighted by atomic mass is 19.4. The van der Waals surface area contributed by atoms with E-state index in [9.17, 15) is 18.0 Å². The second kappa shape index (κ2) is 9.93. The molecule has 184 valence electrons. The zero-order chi connectivity index (χ0) is 25.2. The number of anilines is 1. The lowest BCUT2D eigenvalue weighted by molar-refractivity contribution is -0.138. The minimum absolute atomic E-state index is 0.0307. The number of carbonyl (C=O) groups is 1. The molecule has 0 saturated carbocycles. The summed E-state index contributed by atoms with van der Waals surface area (Å²) < 4.78 is 53.4. The summed E-state index contributed by atoms with van der Waals surface area (Å²) in [6, 6.07) is 4.26. The monoisotopic (exact) mass is 488 g/mol. The first-order chi connectivity index (χ1) is 16.6. The van der Waals surface area contributed by atoms with Crippen molar-refractivity contribution < 1.29 is 22.4 Å². The number of carbonyl (C=O) groups excluding carboxylic acids is 1. The van der Waals surface area contributed by atoms with Crippen molar-refractivity contribution in [3.8, 4) is 11.4 Å². The third-order valence-corrected chi connectivity index (χ3v) is 6.08. The Morgan fingerprint density at radius 3 is 2.49 bits per heavy atom. The van der Waals surface area contributed by atoms with Crippen LogP contribution in [0.1, 0.15) is 41.3 Å². The molecule has 0 unspecified atom stereocenters. The fourth-order valence-corrected chi connectivity index (χ4v) is 4.30. The predicted octanol–water partition coefficient (Wildman–Crippen LogP) is 4.75. The second-order valence-corrected chi connectivity index (χ2v) is 8.60. The maximum absolute atomic E-state index is 15.0. The Balaban J connectivity index is 1.60. The number of aromatic nitrogens is 4. The van der Waals surface area contributed by atoms with Gasteiger partial charge in [0.15, 0.2) is 5.82 Å². The number of halogens is 4. The number of hydrogen-bond donors (Lipinski definition) is 1. The van der Waals surface area contributed by atoms with Gasteiger partial charge < -0.3 is 10.2 Å². The van der Waals surface area contributed by atoms with E-state index in [4.69, 9.17) is 0 Å². The number of nitrogens with zero attached hydrogens (tertiary/aromatic N) is 5. The van der Waals surface area contributed by atoms with Crippen LogP contribution in [0.4, 0.5) is 23.5 Å². The average molecular weight is 488 g/mol. The first-order valence-corrected chi connectivity index (χ1v) is 11.2. The molecule has 1 amide bonds. The third-order valence-electron chi connectivity index (χ3n) is 6.08. The lowest BCUT2D eigenvalue weighted by Gasteiger charge is -2.40. The number of amides is 1. The molecule has 3 aromatic rings. The average Bonchev–Trinajstić information content (AvgIpc) is 2.82. The molecule has 1 aliphatic rings. The highest BCUT2D eigenvalue weighted by Gasteiger charge is 2.35. The highest BCUT2D eigenvalue weighted by Crippen LogP contribution is 2.31. The van der Waals surface area contributed by atoms with Crippen LogP contribution in [-0.4, -0.2) is 49.9 Å². The van der Waals surface area contributed by atoms with Gasteiger partial charge in [-0.2, -0.15) is 13.2 Å². The Bertz CT molecular complexity index is 1190. The molecule has 0 bridgehead atoms. The standard InChI is InChI=1S/C24H24F4N6O/c1-14-9-17(20(18(25)10-14)21-29-6-4-7-30-21)22(35)34-8-3-5-15(2)19(34)13-33-23-31-11-16(12-32-23)24(26,27)28/h4,6-7,9-12,15,19H,3,5,8,13H2,1-2H3,(H,31,32,33)/t15-,19-/m1/s1. The zero-order valence-electron chi connectivity index (χ0n) is 19.2. The molecule has 1 fully saturated rings. The van der Waals surface area contributed by atoms with Crippen molar-refractivity contribution in [1.29, 1.82) is 0 Å². The molecule has 1 aromatic carbocycles. The first kappa shape index (κ1) is 24.5. The molecule has 7 nitrogen and oxygen atoms in total. The Hall–Kier alpha value is -3.63. The molecule has 0 spiro atoms. The fraction of sp³-hybridized carbons (Fsp3) is 0.375. The van der Waals surface area contributed by atoms with Gasteiger partial charge in [-0.05, 0) is 49.4 Å². The molecule has 1 N–H and O–H groups in total. The van der Waals surface area contributed by atoms with Crippen LogP contribution in [0.15, 0.2) is 43.0 Å². The summed E-state index contributed by atoms with van der Waals surface area (Å²) in [5.41, 5.74) is -0.151. The number of benzene rings is 1. The Morgan fingerprint density at radius 2 is 1.83 bits per heavy atom. The summed E-state index contributed by atoms with van der Waals surface area (Å²) in [5, 5.41) is 2.95. The van der Waals surface area contributed by atoms with Crippen LogP contribution >= 0.6 is 0 Å². The quantitative estimate of drug-likeness (QED) is 0.522. The number of rotatable bonds is 5. The SMILES string of the molecule is Cc1cc(F)c(-c2ncccn2)c(C(=O)N2CCC[C@@H](C)[C@H]2CNc2ncc(C(F)(F)F)cn2)c1. The molecule has 2 atom stereocenters. The van der Waals surface area contributed by atoms with Gasteiger partial charge in [0.2, 0.25) is 5.95 Å². The van der Waals surface area contributed by atoms with Crippen LogP contribution in [-0.2, 0) is 6.18 Å². The van der Waals surface area contributed by atoms with Gasteiger partial charge in [-0.3, -0.25) is 4.79 Å². The molecule has 4 rings (SSSR count). The van der Waals surface area contributed by atoms with E-state index in [1.54, 1.807) is 24.0 Å². The maximum atomic E-state index is 15.0. The number of alkyl halides is 3. The van der Waals surface area contributed by atoms with Crippen LogP contribution in [0, 0.1) is 18.7 Å². The van der Waals surface area contributed by atoms with E-state index in [1.807, 2.05) is 6.92 Å². The summed E-state index contributed by atoms with van der Waals surface area (Å²) in [4.78, 5) is 31.2. The smallest absolute Gasteiger partial charge is 0.352 e. The van der Waals surface area contributed by atoms with Crippen LogP contribution in [0.3, 0.4) is 0 Å². The molecule has 2 aromatic heterocycles. The lowest BCUT2D eigenvalue weighted by Crippen LogP contribution is -2.51. The van der Waals surface area contributed by atoms with Gasteiger partial charge in [0, 0.05) is 37.9 Å². The molecular weight excluding hydrogens is 464 g/mol. The zero-order valence-corrected chi connectivity index (χ0v) is 19.2. The van der Waals surface area contributed by atoms with Crippen LogP contribution in [0.2, 0.25) is 0 Å². The fourth-order valence-electron chi connectivity index (χ4n) is 4.30. The van der Waals surface area contributed by atoms with Crippen molar-refractivity contribution in [1.82, 2.24) is 24.8 Å². The minimum atomic E-state index is -4.52. The molecule has 11 heteroatoms. The van der Waals surface area contributed by atoms with Gasteiger partial charge in [-0.15, -0.1) is 0 Å². The molecule has 1 saturated heterocycles. The van der Waals surface area contributed by atoms with E-state index in [0.717, 1.165) is 12.8 Å². The maximum Gasteiger partial charge on any atom is 0.419 e. The van der Waals surface area contributed by atoms with Crippen molar-refractivity contribution in [2.45, 2.75) is 38.9 Å². The van der Waals surface area contributed by atoms with Gasteiger partial charge in [0.25, 0.3) is 5.91 Å². The normalized spacial score (nSPS) is 18.4. The van der Waals surface area contributed by atoms with E-state index < -0.39 is 17.6 Å². The van der Waals surface area contributed by atoms with Crippen molar-refractivity contribution in [2.75, 3.05) is 18.4 Å². The Morgan fingerprint density at radius 1 is 1.14 bits per heavy atom. The van der Waals surface area contributed by atoms with Crippen LogP contribution in [0.25, 0.3) is 11.4 Å². The summed E-state index contributed by atoms with van der Waals surface area (Å²) in [6.07, 6.45) is 1.50. The van der Waals surface area contributed by atoms with Gasteiger partial charge in [0.1, 0.15) is 5.82 Å². The topological polar surface area (TPSA) is 83.9 Å².